The van der Waals surface area contributed by atoms with Crippen molar-refractivity contribution >= 4 is 17.5 Å². The third kappa shape index (κ3) is 2.54. The Kier molecular flexibility index (Phi) is 3.75. The molecule has 19 heavy (non-hydrogen) atoms. The fraction of sp³-hybridized carbons (Fsp3) is 0.214. The summed E-state index contributed by atoms with van der Waals surface area (Å²) in [4.78, 5) is 13.1. The van der Waals surface area contributed by atoms with Gasteiger partial charge in [-0.05, 0) is 31.5 Å². The Hall–Kier alpha value is -2.43. The van der Waals surface area contributed by atoms with Gasteiger partial charge in [-0.25, -0.2) is 4.79 Å². The van der Waals surface area contributed by atoms with Gasteiger partial charge in [0, 0.05) is 12.2 Å². The van der Waals surface area contributed by atoms with Crippen LogP contribution in [0.3, 0.4) is 0 Å². The average molecular weight is 257 g/mol. The first kappa shape index (κ1) is 13.0. The van der Waals surface area contributed by atoms with Crippen LogP contribution >= 0.6 is 0 Å². The highest BCUT2D eigenvalue weighted by Gasteiger charge is 2.19. The second-order valence-electron chi connectivity index (χ2n) is 4.10. The number of aromatic carboxylic acids is 1. The molecule has 5 nitrogen and oxygen atoms in total. The summed E-state index contributed by atoms with van der Waals surface area (Å²) in [7, 11) is 0. The summed E-state index contributed by atoms with van der Waals surface area (Å²) >= 11 is 0. The van der Waals surface area contributed by atoms with Crippen LogP contribution in [0.2, 0.25) is 0 Å². The van der Waals surface area contributed by atoms with E-state index in [1.165, 1.54) is 12.3 Å². The number of para-hydroxylation sites is 1. The summed E-state index contributed by atoms with van der Waals surface area (Å²) < 4.78 is 0. The number of nitrogens with zero attached hydrogens (tertiary/aromatic N) is 3. The predicted octanol–water partition coefficient (Wildman–Crippen LogP) is 2.64. The van der Waals surface area contributed by atoms with Crippen molar-refractivity contribution < 1.29 is 9.90 Å². The van der Waals surface area contributed by atoms with Crippen molar-refractivity contribution in [1.29, 1.82) is 0 Å². The summed E-state index contributed by atoms with van der Waals surface area (Å²) in [6, 6.07) is 9.25. The number of carbonyl (C=O) groups is 1. The fourth-order valence-corrected chi connectivity index (χ4v) is 1.99. The van der Waals surface area contributed by atoms with E-state index in [-0.39, 0.29) is 5.56 Å². The molecule has 0 unspecified atom stereocenters. The number of hydrogen-bond donors (Lipinski definition) is 1. The Morgan fingerprint density at radius 2 is 2.05 bits per heavy atom. The van der Waals surface area contributed by atoms with Crippen LogP contribution in [0.4, 0.5) is 11.5 Å². The van der Waals surface area contributed by atoms with Gasteiger partial charge in [0.1, 0.15) is 5.56 Å². The topological polar surface area (TPSA) is 66.3 Å². The number of benzene rings is 1. The van der Waals surface area contributed by atoms with E-state index in [1.54, 1.807) is 0 Å². The molecule has 0 spiro atoms. The average Bonchev–Trinajstić information content (AvgIpc) is 2.42. The van der Waals surface area contributed by atoms with Crippen molar-refractivity contribution in [2.24, 2.45) is 0 Å². The molecule has 1 heterocycles. The first-order chi connectivity index (χ1) is 9.15. The molecule has 1 N–H and O–H groups in total. The largest absolute Gasteiger partial charge is 0.478 e. The molecule has 0 radical (unpaired) electrons. The molecule has 0 bridgehead atoms. The minimum Gasteiger partial charge on any atom is -0.478 e. The number of carboxylic acid groups (broad SMARTS) is 1. The van der Waals surface area contributed by atoms with E-state index >= 15 is 0 Å². The highest BCUT2D eigenvalue weighted by atomic mass is 16.4. The maximum Gasteiger partial charge on any atom is 0.339 e. The maximum atomic E-state index is 11.3. The summed E-state index contributed by atoms with van der Waals surface area (Å²) in [6.45, 7) is 4.55. The first-order valence-electron chi connectivity index (χ1n) is 6.03. The molecule has 0 atom stereocenters. The first-order valence-corrected chi connectivity index (χ1v) is 6.03. The number of aromatic nitrogens is 2. The summed E-state index contributed by atoms with van der Waals surface area (Å²) in [5, 5.41) is 17.0. The SMILES string of the molecule is CCN(c1ccccc1C)c1nnccc1C(=O)O. The summed E-state index contributed by atoms with van der Waals surface area (Å²) in [5.41, 5.74) is 2.15. The van der Waals surface area contributed by atoms with Crippen LogP contribution in [0.5, 0.6) is 0 Å². The van der Waals surface area contributed by atoms with Crippen LogP contribution in [0.25, 0.3) is 0 Å². The molecule has 0 amide bonds. The third-order valence-electron chi connectivity index (χ3n) is 2.91. The van der Waals surface area contributed by atoms with Gasteiger partial charge in [-0.3, -0.25) is 0 Å². The second kappa shape index (κ2) is 5.48. The van der Waals surface area contributed by atoms with Crippen molar-refractivity contribution in [1.82, 2.24) is 10.2 Å². The van der Waals surface area contributed by atoms with E-state index < -0.39 is 5.97 Å². The minimum atomic E-state index is -1.00. The number of hydrogen-bond acceptors (Lipinski definition) is 4. The zero-order valence-corrected chi connectivity index (χ0v) is 10.9. The smallest absolute Gasteiger partial charge is 0.339 e. The summed E-state index contributed by atoms with van der Waals surface area (Å²) in [6.07, 6.45) is 1.39. The van der Waals surface area contributed by atoms with E-state index in [1.807, 2.05) is 43.0 Å². The molecule has 5 heteroatoms. The number of aryl methyl sites for hydroxylation is 1. The Morgan fingerprint density at radius 1 is 1.32 bits per heavy atom. The zero-order chi connectivity index (χ0) is 13.8. The molecule has 0 aliphatic carbocycles. The van der Waals surface area contributed by atoms with Gasteiger partial charge in [0.15, 0.2) is 5.82 Å². The Balaban J connectivity index is 2.55. The second-order valence-corrected chi connectivity index (χ2v) is 4.10. The summed E-state index contributed by atoms with van der Waals surface area (Å²) in [5.74, 6) is -0.635. The maximum absolute atomic E-state index is 11.3. The monoisotopic (exact) mass is 257 g/mol. The number of carboxylic acids is 1. The lowest BCUT2D eigenvalue weighted by atomic mass is 10.1. The van der Waals surface area contributed by atoms with E-state index in [0.29, 0.717) is 12.4 Å². The van der Waals surface area contributed by atoms with Gasteiger partial charge in [0.2, 0.25) is 0 Å². The van der Waals surface area contributed by atoms with Crippen molar-refractivity contribution in [3.05, 3.63) is 47.7 Å². The molecule has 0 fully saturated rings. The van der Waals surface area contributed by atoms with Crippen LogP contribution in [0.1, 0.15) is 22.8 Å². The van der Waals surface area contributed by atoms with Crippen LogP contribution in [0.15, 0.2) is 36.5 Å². The normalized spacial score (nSPS) is 10.2. The minimum absolute atomic E-state index is 0.153. The Labute approximate surface area is 111 Å². The van der Waals surface area contributed by atoms with Gasteiger partial charge in [-0.2, -0.15) is 5.10 Å². The zero-order valence-electron chi connectivity index (χ0n) is 10.9. The highest BCUT2D eigenvalue weighted by Crippen LogP contribution is 2.28. The van der Waals surface area contributed by atoms with Gasteiger partial charge in [0.05, 0.1) is 6.20 Å². The molecule has 2 aromatic rings. The molecule has 1 aromatic heterocycles. The highest BCUT2D eigenvalue weighted by molar-refractivity contribution is 5.94. The molecule has 98 valence electrons. The van der Waals surface area contributed by atoms with Crippen LogP contribution in [-0.2, 0) is 0 Å². The van der Waals surface area contributed by atoms with Gasteiger partial charge in [-0.15, -0.1) is 5.10 Å². The van der Waals surface area contributed by atoms with Crippen LogP contribution in [0, 0.1) is 6.92 Å². The molecule has 2 rings (SSSR count). The Morgan fingerprint density at radius 3 is 2.68 bits per heavy atom. The molecule has 1 aromatic carbocycles. The van der Waals surface area contributed by atoms with Gasteiger partial charge in [-0.1, -0.05) is 18.2 Å². The van der Waals surface area contributed by atoms with E-state index in [0.717, 1.165) is 11.3 Å². The lowest BCUT2D eigenvalue weighted by Gasteiger charge is -2.24. The predicted molar refractivity (Wildman–Crippen MR) is 72.9 cm³/mol. The molecule has 0 aliphatic heterocycles. The standard InChI is InChI=1S/C14H15N3O2/c1-3-17(12-7-5-4-6-10(12)2)13-11(14(18)19)8-9-15-16-13/h4-9H,3H2,1-2H3,(H,18,19). The lowest BCUT2D eigenvalue weighted by molar-refractivity contribution is 0.0697. The lowest BCUT2D eigenvalue weighted by Crippen LogP contribution is -2.21. The fourth-order valence-electron chi connectivity index (χ4n) is 1.99. The quantitative estimate of drug-likeness (QED) is 0.912. The van der Waals surface area contributed by atoms with Crippen molar-refractivity contribution in [3.63, 3.8) is 0 Å². The number of rotatable bonds is 4. The van der Waals surface area contributed by atoms with Gasteiger partial charge < -0.3 is 10.0 Å². The van der Waals surface area contributed by atoms with E-state index in [4.69, 9.17) is 0 Å². The molecule has 0 aliphatic rings. The van der Waals surface area contributed by atoms with Crippen molar-refractivity contribution in [2.45, 2.75) is 13.8 Å². The van der Waals surface area contributed by atoms with Crippen molar-refractivity contribution in [3.8, 4) is 0 Å². The molecule has 0 saturated carbocycles. The molecular weight excluding hydrogens is 242 g/mol. The van der Waals surface area contributed by atoms with E-state index in [2.05, 4.69) is 10.2 Å². The van der Waals surface area contributed by atoms with Crippen molar-refractivity contribution in [2.75, 3.05) is 11.4 Å². The molecular formula is C14H15N3O2. The van der Waals surface area contributed by atoms with Gasteiger partial charge >= 0.3 is 5.97 Å². The molecule has 0 saturated heterocycles. The Bertz CT molecular complexity index is 599. The van der Waals surface area contributed by atoms with Crippen LogP contribution in [-0.4, -0.2) is 27.8 Å². The van der Waals surface area contributed by atoms with E-state index in [9.17, 15) is 9.90 Å². The third-order valence-corrected chi connectivity index (χ3v) is 2.91. The van der Waals surface area contributed by atoms with Gasteiger partial charge in [0.25, 0.3) is 0 Å². The number of anilines is 2. The van der Waals surface area contributed by atoms with Crippen LogP contribution < -0.4 is 4.90 Å².